The van der Waals surface area contributed by atoms with E-state index in [4.69, 9.17) is 4.74 Å². The molecule has 0 radical (unpaired) electrons. The zero-order chi connectivity index (χ0) is 12.1. The summed E-state index contributed by atoms with van der Waals surface area (Å²) in [6.07, 6.45) is 3.44. The molecule has 2 unspecified atom stereocenters. The SMILES string of the molecule is CCc1ccccc1NC(CC)C1CCOC1. The summed E-state index contributed by atoms with van der Waals surface area (Å²) < 4.78 is 5.49. The number of rotatable bonds is 5. The van der Waals surface area contributed by atoms with Crippen molar-refractivity contribution in [1.29, 1.82) is 0 Å². The van der Waals surface area contributed by atoms with E-state index in [1.54, 1.807) is 0 Å². The van der Waals surface area contributed by atoms with Crippen molar-refractivity contribution < 1.29 is 4.74 Å². The van der Waals surface area contributed by atoms with Crippen LogP contribution in [0.5, 0.6) is 0 Å². The van der Waals surface area contributed by atoms with E-state index in [9.17, 15) is 0 Å². The molecule has 0 amide bonds. The maximum Gasteiger partial charge on any atom is 0.0514 e. The van der Waals surface area contributed by atoms with Crippen LogP contribution in [0.15, 0.2) is 24.3 Å². The number of hydrogen-bond donors (Lipinski definition) is 1. The topological polar surface area (TPSA) is 21.3 Å². The van der Waals surface area contributed by atoms with Crippen LogP contribution >= 0.6 is 0 Å². The fourth-order valence-electron chi connectivity index (χ4n) is 2.59. The van der Waals surface area contributed by atoms with Crippen LogP contribution in [-0.4, -0.2) is 19.3 Å². The fraction of sp³-hybridized carbons (Fsp3) is 0.600. The highest BCUT2D eigenvalue weighted by Gasteiger charge is 2.24. The summed E-state index contributed by atoms with van der Waals surface area (Å²) >= 11 is 0. The van der Waals surface area contributed by atoms with Crippen molar-refractivity contribution in [3.05, 3.63) is 29.8 Å². The summed E-state index contributed by atoms with van der Waals surface area (Å²) in [6.45, 7) is 6.31. The lowest BCUT2D eigenvalue weighted by Gasteiger charge is -2.24. The van der Waals surface area contributed by atoms with Crippen molar-refractivity contribution in [3.63, 3.8) is 0 Å². The zero-order valence-corrected chi connectivity index (χ0v) is 10.9. The first-order chi connectivity index (χ1) is 8.35. The largest absolute Gasteiger partial charge is 0.382 e. The van der Waals surface area contributed by atoms with E-state index in [0.29, 0.717) is 12.0 Å². The van der Waals surface area contributed by atoms with Crippen molar-refractivity contribution in [3.8, 4) is 0 Å². The molecule has 0 saturated carbocycles. The Kier molecular flexibility index (Phi) is 4.43. The van der Waals surface area contributed by atoms with Gasteiger partial charge in [0.1, 0.15) is 0 Å². The molecule has 1 heterocycles. The van der Waals surface area contributed by atoms with Crippen LogP contribution in [0.3, 0.4) is 0 Å². The number of hydrogen-bond acceptors (Lipinski definition) is 2. The highest BCUT2D eigenvalue weighted by atomic mass is 16.5. The van der Waals surface area contributed by atoms with Gasteiger partial charge in [-0.1, -0.05) is 32.0 Å². The minimum absolute atomic E-state index is 0.546. The lowest BCUT2D eigenvalue weighted by atomic mass is 9.96. The Labute approximate surface area is 104 Å². The number of para-hydroxylation sites is 1. The Hall–Kier alpha value is -1.02. The average molecular weight is 233 g/mol. The van der Waals surface area contributed by atoms with Crippen LogP contribution < -0.4 is 5.32 Å². The van der Waals surface area contributed by atoms with Gasteiger partial charge >= 0.3 is 0 Å². The molecule has 2 heteroatoms. The number of aryl methyl sites for hydroxylation is 1. The molecule has 94 valence electrons. The van der Waals surface area contributed by atoms with E-state index in [-0.39, 0.29) is 0 Å². The van der Waals surface area contributed by atoms with E-state index in [0.717, 1.165) is 26.1 Å². The Morgan fingerprint density at radius 2 is 2.18 bits per heavy atom. The van der Waals surface area contributed by atoms with Gasteiger partial charge in [0.15, 0.2) is 0 Å². The molecule has 1 aromatic carbocycles. The molecule has 0 aromatic heterocycles. The van der Waals surface area contributed by atoms with Crippen LogP contribution in [0.4, 0.5) is 5.69 Å². The smallest absolute Gasteiger partial charge is 0.0514 e. The minimum Gasteiger partial charge on any atom is -0.382 e. The van der Waals surface area contributed by atoms with Crippen molar-refractivity contribution in [2.45, 2.75) is 39.2 Å². The molecule has 1 aliphatic heterocycles. The van der Waals surface area contributed by atoms with Crippen molar-refractivity contribution in [1.82, 2.24) is 0 Å². The highest BCUT2D eigenvalue weighted by molar-refractivity contribution is 5.51. The zero-order valence-electron chi connectivity index (χ0n) is 10.9. The highest BCUT2D eigenvalue weighted by Crippen LogP contribution is 2.24. The number of nitrogens with one attached hydrogen (secondary N) is 1. The molecule has 1 aromatic rings. The maximum atomic E-state index is 5.49. The van der Waals surface area contributed by atoms with Gasteiger partial charge in [-0.15, -0.1) is 0 Å². The Morgan fingerprint density at radius 3 is 2.82 bits per heavy atom. The Morgan fingerprint density at radius 1 is 1.35 bits per heavy atom. The second-order valence-electron chi connectivity index (χ2n) is 4.79. The number of benzene rings is 1. The lowest BCUT2D eigenvalue weighted by Crippen LogP contribution is -2.29. The van der Waals surface area contributed by atoms with Crippen molar-refractivity contribution in [2.75, 3.05) is 18.5 Å². The standard InChI is InChI=1S/C15H23NO/c1-3-12-7-5-6-8-15(12)16-14(4-2)13-9-10-17-11-13/h5-8,13-14,16H,3-4,9-11H2,1-2H3. The molecule has 1 N–H and O–H groups in total. The van der Waals surface area contributed by atoms with Gasteiger partial charge in [-0.25, -0.2) is 0 Å². The predicted octanol–water partition coefficient (Wildman–Crippen LogP) is 3.48. The maximum absolute atomic E-state index is 5.49. The van der Waals surface area contributed by atoms with E-state index in [1.165, 1.54) is 17.7 Å². The van der Waals surface area contributed by atoms with Gasteiger partial charge in [-0.2, -0.15) is 0 Å². The summed E-state index contributed by atoms with van der Waals surface area (Å²) in [5, 5.41) is 3.71. The van der Waals surface area contributed by atoms with Gasteiger partial charge in [0.05, 0.1) is 6.61 Å². The summed E-state index contributed by atoms with van der Waals surface area (Å²) in [5.41, 5.74) is 2.71. The molecule has 2 atom stereocenters. The van der Waals surface area contributed by atoms with Gasteiger partial charge < -0.3 is 10.1 Å². The van der Waals surface area contributed by atoms with Crippen molar-refractivity contribution >= 4 is 5.69 Å². The van der Waals surface area contributed by atoms with E-state index >= 15 is 0 Å². The monoisotopic (exact) mass is 233 g/mol. The summed E-state index contributed by atoms with van der Waals surface area (Å²) in [6, 6.07) is 9.17. The molecular formula is C15H23NO. The first-order valence-corrected chi connectivity index (χ1v) is 6.77. The molecular weight excluding hydrogens is 210 g/mol. The van der Waals surface area contributed by atoms with Gasteiger partial charge in [0.25, 0.3) is 0 Å². The Balaban J connectivity index is 2.06. The van der Waals surface area contributed by atoms with Crippen LogP contribution in [0.1, 0.15) is 32.3 Å². The normalized spacial score (nSPS) is 21.4. The predicted molar refractivity (Wildman–Crippen MR) is 72.4 cm³/mol. The molecule has 0 spiro atoms. The van der Waals surface area contributed by atoms with Gasteiger partial charge in [-0.05, 0) is 30.9 Å². The van der Waals surface area contributed by atoms with E-state index < -0.39 is 0 Å². The lowest BCUT2D eigenvalue weighted by molar-refractivity contribution is 0.182. The van der Waals surface area contributed by atoms with Gasteiger partial charge in [0.2, 0.25) is 0 Å². The summed E-state index contributed by atoms with van der Waals surface area (Å²) in [5.74, 6) is 0.671. The number of anilines is 1. The van der Waals surface area contributed by atoms with E-state index in [2.05, 4.69) is 43.4 Å². The molecule has 2 rings (SSSR count). The Bertz CT molecular complexity index is 345. The molecule has 1 saturated heterocycles. The van der Waals surface area contributed by atoms with Crippen LogP contribution in [0.2, 0.25) is 0 Å². The molecule has 1 aliphatic rings. The molecule has 2 nitrogen and oxygen atoms in total. The minimum atomic E-state index is 0.546. The second-order valence-corrected chi connectivity index (χ2v) is 4.79. The van der Waals surface area contributed by atoms with E-state index in [1.807, 2.05) is 0 Å². The molecule has 17 heavy (non-hydrogen) atoms. The summed E-state index contributed by atoms with van der Waals surface area (Å²) in [4.78, 5) is 0. The molecule has 1 fully saturated rings. The fourth-order valence-corrected chi connectivity index (χ4v) is 2.59. The molecule has 0 bridgehead atoms. The first kappa shape index (κ1) is 12.4. The third kappa shape index (κ3) is 3.01. The van der Waals surface area contributed by atoms with Gasteiger partial charge in [0, 0.05) is 24.3 Å². The number of ether oxygens (including phenoxy) is 1. The summed E-state index contributed by atoms with van der Waals surface area (Å²) in [7, 11) is 0. The first-order valence-electron chi connectivity index (χ1n) is 6.77. The van der Waals surface area contributed by atoms with Crippen LogP contribution in [0, 0.1) is 5.92 Å². The average Bonchev–Trinajstić information content (AvgIpc) is 2.90. The second kappa shape index (κ2) is 6.06. The van der Waals surface area contributed by atoms with Gasteiger partial charge in [-0.3, -0.25) is 0 Å². The third-order valence-corrected chi connectivity index (χ3v) is 3.71. The molecule has 0 aliphatic carbocycles. The van der Waals surface area contributed by atoms with Crippen LogP contribution in [0.25, 0.3) is 0 Å². The van der Waals surface area contributed by atoms with Crippen LogP contribution in [-0.2, 0) is 11.2 Å². The van der Waals surface area contributed by atoms with Crippen molar-refractivity contribution in [2.24, 2.45) is 5.92 Å². The third-order valence-electron chi connectivity index (χ3n) is 3.71. The quantitative estimate of drug-likeness (QED) is 0.840.